The first-order chi connectivity index (χ1) is 18.8. The second-order valence-electron chi connectivity index (χ2n) is 10.8. The van der Waals surface area contributed by atoms with Gasteiger partial charge in [-0.15, -0.1) is 0 Å². The van der Waals surface area contributed by atoms with Crippen LogP contribution < -0.4 is 24.3 Å². The Balaban J connectivity index is 1.76. The van der Waals surface area contributed by atoms with Crippen LogP contribution in [0.2, 0.25) is 0 Å². The Labute approximate surface area is 234 Å². The Kier molecular flexibility index (Phi) is 10.9. The third-order valence-electron chi connectivity index (χ3n) is 8.69. The number of rotatable bonds is 15. The number of carboxylic acids is 1. The van der Waals surface area contributed by atoms with Crippen LogP contribution >= 0.6 is 0 Å². The summed E-state index contributed by atoms with van der Waals surface area (Å²) >= 11 is 0. The molecule has 0 aliphatic heterocycles. The zero-order chi connectivity index (χ0) is 28.6. The van der Waals surface area contributed by atoms with Gasteiger partial charge in [0.2, 0.25) is 0 Å². The molecule has 1 aliphatic carbocycles. The van der Waals surface area contributed by atoms with Crippen molar-refractivity contribution in [3.8, 4) is 23.0 Å². The smallest absolute Gasteiger partial charge is 0.307 e. The molecule has 0 heterocycles. The Morgan fingerprint density at radius 2 is 1.62 bits per heavy atom. The van der Waals surface area contributed by atoms with Crippen LogP contribution in [0.25, 0.3) is 0 Å². The van der Waals surface area contributed by atoms with E-state index in [2.05, 4.69) is 37.4 Å². The summed E-state index contributed by atoms with van der Waals surface area (Å²) in [6.45, 7) is 8.11. The topological polar surface area (TPSA) is 86.3 Å². The number of fused-ring (bicyclic) bond motifs is 1. The number of carbonyl (C=O) groups is 1. The number of carboxylic acid groups (broad SMARTS) is 1. The lowest BCUT2D eigenvalue weighted by atomic mass is 9.51. The maximum Gasteiger partial charge on any atom is 0.307 e. The van der Waals surface area contributed by atoms with Gasteiger partial charge in [0.05, 0.1) is 34.4 Å². The Morgan fingerprint density at radius 3 is 2.21 bits per heavy atom. The molecule has 0 amide bonds. The van der Waals surface area contributed by atoms with Gasteiger partial charge in [-0.3, -0.25) is 4.79 Å². The SMILES string of the molecule is CCC(C(=O)O)C1(C(C)C)c2cc(OC)c(OC)cc2CCC1CCNCCCc1ccc(OC)c(OC)c1. The van der Waals surface area contributed by atoms with Crippen LogP contribution in [0.3, 0.4) is 0 Å². The van der Waals surface area contributed by atoms with Gasteiger partial charge < -0.3 is 29.4 Å². The summed E-state index contributed by atoms with van der Waals surface area (Å²) in [6.07, 6.45) is 5.31. The molecule has 0 fully saturated rings. The molecule has 216 valence electrons. The van der Waals surface area contributed by atoms with E-state index in [0.29, 0.717) is 17.9 Å². The lowest BCUT2D eigenvalue weighted by molar-refractivity contribution is -0.147. The third-order valence-corrected chi connectivity index (χ3v) is 8.69. The number of hydrogen-bond acceptors (Lipinski definition) is 6. The standard InChI is InChI=1S/C32H47NO6/c1-8-25(31(34)35)32(21(2)3)24(13-12-23-19-29(38-6)30(39-7)20-26(23)32)15-17-33-16-9-10-22-11-14-27(36-4)28(18-22)37-5/h11,14,18-21,24-25,33H,8-10,12-13,15-17H2,1-7H3,(H,34,35). The van der Waals surface area contributed by atoms with E-state index in [1.165, 1.54) is 11.1 Å². The fraction of sp³-hybridized carbons (Fsp3) is 0.594. The maximum absolute atomic E-state index is 12.7. The molecular weight excluding hydrogens is 494 g/mol. The highest BCUT2D eigenvalue weighted by atomic mass is 16.5. The summed E-state index contributed by atoms with van der Waals surface area (Å²) in [5.74, 6) is 2.04. The van der Waals surface area contributed by atoms with Crippen LogP contribution in [0.4, 0.5) is 0 Å². The lowest BCUT2D eigenvalue weighted by Crippen LogP contribution is -2.52. The van der Waals surface area contributed by atoms with Crippen LogP contribution in [0.15, 0.2) is 30.3 Å². The summed E-state index contributed by atoms with van der Waals surface area (Å²) in [4.78, 5) is 12.7. The Morgan fingerprint density at radius 1 is 0.974 bits per heavy atom. The predicted molar refractivity (Wildman–Crippen MR) is 155 cm³/mol. The molecule has 3 unspecified atom stereocenters. The zero-order valence-corrected chi connectivity index (χ0v) is 24.8. The van der Waals surface area contributed by atoms with Gasteiger partial charge in [-0.05, 0) is 104 Å². The summed E-state index contributed by atoms with van der Waals surface area (Å²) in [6, 6.07) is 10.2. The average Bonchev–Trinajstić information content (AvgIpc) is 2.94. The van der Waals surface area contributed by atoms with E-state index >= 15 is 0 Å². The number of aliphatic carboxylic acids is 1. The fourth-order valence-corrected chi connectivity index (χ4v) is 6.93. The highest BCUT2D eigenvalue weighted by Crippen LogP contribution is 2.55. The molecular formula is C32H47NO6. The van der Waals surface area contributed by atoms with Gasteiger partial charge in [0.1, 0.15) is 0 Å². The molecule has 3 rings (SSSR count). The van der Waals surface area contributed by atoms with E-state index in [9.17, 15) is 9.90 Å². The first-order valence-electron chi connectivity index (χ1n) is 14.2. The van der Waals surface area contributed by atoms with E-state index in [1.807, 2.05) is 19.1 Å². The second kappa shape index (κ2) is 13.9. The van der Waals surface area contributed by atoms with Crippen molar-refractivity contribution in [2.75, 3.05) is 41.5 Å². The fourth-order valence-electron chi connectivity index (χ4n) is 6.93. The summed E-state index contributed by atoms with van der Waals surface area (Å²) in [5.41, 5.74) is 3.03. The molecule has 0 saturated carbocycles. The monoisotopic (exact) mass is 541 g/mol. The molecule has 0 aromatic heterocycles. The largest absolute Gasteiger partial charge is 0.493 e. The van der Waals surface area contributed by atoms with E-state index in [-0.39, 0.29) is 11.8 Å². The van der Waals surface area contributed by atoms with Gasteiger partial charge in [0.15, 0.2) is 23.0 Å². The molecule has 7 heteroatoms. The molecule has 0 bridgehead atoms. The number of methoxy groups -OCH3 is 4. The predicted octanol–water partition coefficient (Wildman–Crippen LogP) is 5.90. The normalized spacial score (nSPS) is 19.3. The minimum atomic E-state index is -0.721. The van der Waals surface area contributed by atoms with Crippen LogP contribution in [0, 0.1) is 17.8 Å². The van der Waals surface area contributed by atoms with Gasteiger partial charge in [-0.25, -0.2) is 0 Å². The number of ether oxygens (including phenoxy) is 4. The lowest BCUT2D eigenvalue weighted by Gasteiger charge is -2.52. The van der Waals surface area contributed by atoms with Crippen molar-refractivity contribution < 1.29 is 28.8 Å². The number of hydrogen-bond donors (Lipinski definition) is 2. The van der Waals surface area contributed by atoms with Gasteiger partial charge in [0, 0.05) is 5.41 Å². The number of nitrogens with one attached hydrogen (secondary N) is 1. The third kappa shape index (κ3) is 6.29. The van der Waals surface area contributed by atoms with E-state index in [4.69, 9.17) is 18.9 Å². The molecule has 0 radical (unpaired) electrons. The van der Waals surface area contributed by atoms with E-state index in [0.717, 1.165) is 62.3 Å². The van der Waals surface area contributed by atoms with Crippen molar-refractivity contribution >= 4 is 5.97 Å². The highest BCUT2D eigenvalue weighted by Gasteiger charge is 2.53. The molecule has 0 spiro atoms. The molecule has 2 aromatic rings. The molecule has 1 aliphatic rings. The van der Waals surface area contributed by atoms with Crippen molar-refractivity contribution in [2.24, 2.45) is 17.8 Å². The van der Waals surface area contributed by atoms with Crippen molar-refractivity contribution in [3.05, 3.63) is 47.0 Å². The van der Waals surface area contributed by atoms with Gasteiger partial charge in [-0.2, -0.15) is 0 Å². The molecule has 39 heavy (non-hydrogen) atoms. The van der Waals surface area contributed by atoms with E-state index < -0.39 is 17.3 Å². The maximum atomic E-state index is 12.7. The van der Waals surface area contributed by atoms with Crippen molar-refractivity contribution in [1.82, 2.24) is 5.32 Å². The quantitative estimate of drug-likeness (QED) is 0.272. The summed E-state index contributed by atoms with van der Waals surface area (Å²) in [5, 5.41) is 14.1. The summed E-state index contributed by atoms with van der Waals surface area (Å²) in [7, 11) is 6.59. The number of aryl methyl sites for hydroxylation is 2. The van der Waals surface area contributed by atoms with Gasteiger partial charge in [-0.1, -0.05) is 26.8 Å². The van der Waals surface area contributed by atoms with Crippen molar-refractivity contribution in [3.63, 3.8) is 0 Å². The molecule has 3 atom stereocenters. The molecule has 2 aromatic carbocycles. The van der Waals surface area contributed by atoms with Crippen LogP contribution in [-0.2, 0) is 23.1 Å². The van der Waals surface area contributed by atoms with Crippen LogP contribution in [0.5, 0.6) is 23.0 Å². The summed E-state index contributed by atoms with van der Waals surface area (Å²) < 4.78 is 22.0. The first-order valence-corrected chi connectivity index (χ1v) is 14.2. The van der Waals surface area contributed by atoms with Crippen LogP contribution in [0.1, 0.15) is 63.1 Å². The first kappa shape index (κ1) is 30.6. The average molecular weight is 542 g/mol. The highest BCUT2D eigenvalue weighted by molar-refractivity contribution is 5.73. The number of benzene rings is 2. The second-order valence-corrected chi connectivity index (χ2v) is 10.8. The molecule has 7 nitrogen and oxygen atoms in total. The molecule has 0 saturated heterocycles. The minimum absolute atomic E-state index is 0.144. The van der Waals surface area contributed by atoms with Gasteiger partial charge >= 0.3 is 5.97 Å². The molecule has 2 N–H and O–H groups in total. The Bertz CT molecular complexity index is 1100. The minimum Gasteiger partial charge on any atom is -0.493 e. The van der Waals surface area contributed by atoms with Gasteiger partial charge in [0.25, 0.3) is 0 Å². The Hall–Kier alpha value is -2.93. The zero-order valence-electron chi connectivity index (χ0n) is 24.8. The van der Waals surface area contributed by atoms with Crippen molar-refractivity contribution in [2.45, 2.75) is 64.7 Å². The van der Waals surface area contributed by atoms with E-state index in [1.54, 1.807) is 28.4 Å². The van der Waals surface area contributed by atoms with Crippen molar-refractivity contribution in [1.29, 1.82) is 0 Å². The van der Waals surface area contributed by atoms with Crippen LogP contribution in [-0.4, -0.2) is 52.6 Å².